The van der Waals surface area contributed by atoms with E-state index in [1.165, 1.54) is 17.3 Å². The molecular formula is C18H16ClNO2S. The molecule has 0 N–H and O–H groups in total. The number of benzene rings is 2. The standard InChI is InChI=1S/C18H16ClNO2S/c1-13-7-9-15(10-8-13)23-17(20-11-12-22-18(20)21)16(19)14-5-3-2-4-6-14/h2-10H,11-12H2,1H3/b17-16-. The lowest BCUT2D eigenvalue weighted by Crippen LogP contribution is -2.22. The summed E-state index contributed by atoms with van der Waals surface area (Å²) in [6, 6.07) is 17.8. The van der Waals surface area contributed by atoms with Gasteiger partial charge in [-0.05, 0) is 24.6 Å². The Bertz CT molecular complexity index is 728. The molecule has 0 spiro atoms. The Morgan fingerprint density at radius 2 is 1.83 bits per heavy atom. The maximum Gasteiger partial charge on any atom is 0.414 e. The molecule has 0 aliphatic carbocycles. The van der Waals surface area contributed by atoms with Crippen LogP contribution >= 0.6 is 23.4 Å². The van der Waals surface area contributed by atoms with Crippen LogP contribution in [0.15, 0.2) is 64.5 Å². The molecule has 5 heteroatoms. The number of ether oxygens (including phenoxy) is 1. The van der Waals surface area contributed by atoms with E-state index in [-0.39, 0.29) is 6.09 Å². The van der Waals surface area contributed by atoms with Gasteiger partial charge in [-0.2, -0.15) is 0 Å². The van der Waals surface area contributed by atoms with E-state index in [1.54, 1.807) is 4.90 Å². The van der Waals surface area contributed by atoms with Crippen LogP contribution in [-0.4, -0.2) is 24.1 Å². The van der Waals surface area contributed by atoms with Gasteiger partial charge in [0.2, 0.25) is 0 Å². The zero-order valence-corrected chi connectivity index (χ0v) is 14.2. The summed E-state index contributed by atoms with van der Waals surface area (Å²) in [5, 5.41) is 1.25. The second kappa shape index (κ2) is 7.11. The van der Waals surface area contributed by atoms with Crippen molar-refractivity contribution in [3.05, 3.63) is 70.8 Å². The van der Waals surface area contributed by atoms with E-state index >= 15 is 0 Å². The maximum absolute atomic E-state index is 12.0. The smallest absolute Gasteiger partial charge is 0.414 e. The van der Waals surface area contributed by atoms with Gasteiger partial charge in [-0.25, -0.2) is 4.79 Å². The maximum atomic E-state index is 12.0. The average Bonchev–Trinajstić information content (AvgIpc) is 3.00. The summed E-state index contributed by atoms with van der Waals surface area (Å²) in [4.78, 5) is 14.6. The zero-order valence-electron chi connectivity index (χ0n) is 12.7. The number of nitrogens with zero attached hydrogens (tertiary/aromatic N) is 1. The van der Waals surface area contributed by atoms with E-state index in [2.05, 4.69) is 0 Å². The number of cyclic esters (lactones) is 1. The van der Waals surface area contributed by atoms with Crippen molar-refractivity contribution in [3.8, 4) is 0 Å². The molecule has 1 aliphatic rings. The van der Waals surface area contributed by atoms with Crippen LogP contribution in [0, 0.1) is 6.92 Å². The molecule has 1 fully saturated rings. The highest BCUT2D eigenvalue weighted by atomic mass is 35.5. The monoisotopic (exact) mass is 345 g/mol. The number of aryl methyl sites for hydroxylation is 1. The largest absolute Gasteiger partial charge is 0.447 e. The third kappa shape index (κ3) is 3.71. The molecule has 0 aromatic heterocycles. The second-order valence-corrected chi connectivity index (χ2v) is 6.61. The van der Waals surface area contributed by atoms with Crippen molar-refractivity contribution in [1.82, 2.24) is 4.90 Å². The van der Waals surface area contributed by atoms with Gasteiger partial charge in [-0.1, -0.05) is 71.4 Å². The number of thioether (sulfide) groups is 1. The van der Waals surface area contributed by atoms with Gasteiger partial charge in [-0.3, -0.25) is 4.90 Å². The van der Waals surface area contributed by atoms with Gasteiger partial charge in [0, 0.05) is 4.90 Å². The summed E-state index contributed by atoms with van der Waals surface area (Å²) in [5.74, 6) is 0. The first kappa shape index (κ1) is 16.0. The molecule has 1 aliphatic heterocycles. The summed E-state index contributed by atoms with van der Waals surface area (Å²) in [6.07, 6.45) is -0.353. The highest BCUT2D eigenvalue weighted by Gasteiger charge is 2.28. The molecule has 0 atom stereocenters. The number of carbonyl (C=O) groups excluding carboxylic acids is 1. The van der Waals surface area contributed by atoms with Crippen molar-refractivity contribution >= 4 is 34.5 Å². The van der Waals surface area contributed by atoms with Gasteiger partial charge in [0.15, 0.2) is 0 Å². The average molecular weight is 346 g/mol. The predicted molar refractivity (Wildman–Crippen MR) is 94.3 cm³/mol. The number of carbonyl (C=O) groups is 1. The van der Waals surface area contributed by atoms with Crippen LogP contribution < -0.4 is 0 Å². The first-order valence-corrected chi connectivity index (χ1v) is 8.48. The van der Waals surface area contributed by atoms with E-state index in [4.69, 9.17) is 16.3 Å². The molecule has 23 heavy (non-hydrogen) atoms. The Hall–Kier alpha value is -1.91. The third-order valence-corrected chi connectivity index (χ3v) is 5.09. The number of hydrogen-bond donors (Lipinski definition) is 0. The fourth-order valence-corrected chi connectivity index (χ4v) is 3.54. The molecule has 0 saturated carbocycles. The summed E-state index contributed by atoms with van der Waals surface area (Å²) in [7, 11) is 0. The molecule has 0 bridgehead atoms. The second-order valence-electron chi connectivity index (χ2n) is 5.17. The number of rotatable bonds is 4. The molecular weight excluding hydrogens is 330 g/mol. The summed E-state index contributed by atoms with van der Waals surface area (Å²) >= 11 is 8.08. The Morgan fingerprint density at radius 3 is 2.43 bits per heavy atom. The van der Waals surface area contributed by atoms with Crippen molar-refractivity contribution < 1.29 is 9.53 Å². The van der Waals surface area contributed by atoms with Gasteiger partial charge in [0.25, 0.3) is 0 Å². The van der Waals surface area contributed by atoms with Crippen LogP contribution in [0.4, 0.5) is 4.79 Å². The number of halogens is 1. The van der Waals surface area contributed by atoms with Crippen molar-refractivity contribution in [2.24, 2.45) is 0 Å². The summed E-state index contributed by atoms with van der Waals surface area (Å²) in [6.45, 7) is 2.94. The SMILES string of the molecule is Cc1ccc(S/C(=C(\Cl)c2ccccc2)N2CCOC2=O)cc1. The van der Waals surface area contributed by atoms with Crippen LogP contribution in [0.3, 0.4) is 0 Å². The van der Waals surface area contributed by atoms with Crippen LogP contribution in [0.1, 0.15) is 11.1 Å². The molecule has 1 saturated heterocycles. The zero-order chi connectivity index (χ0) is 16.2. The Labute approximate surface area is 144 Å². The van der Waals surface area contributed by atoms with Gasteiger partial charge >= 0.3 is 6.09 Å². The fraction of sp³-hybridized carbons (Fsp3) is 0.167. The quantitative estimate of drug-likeness (QED) is 0.721. The molecule has 1 heterocycles. The Kier molecular flexibility index (Phi) is 4.94. The van der Waals surface area contributed by atoms with Gasteiger partial charge in [0.05, 0.1) is 11.6 Å². The van der Waals surface area contributed by atoms with Crippen LogP contribution in [0.25, 0.3) is 5.03 Å². The molecule has 3 rings (SSSR count). The molecule has 2 aromatic carbocycles. The predicted octanol–water partition coefficient (Wildman–Crippen LogP) is 5.10. The number of amides is 1. The topological polar surface area (TPSA) is 29.5 Å². The lowest BCUT2D eigenvalue weighted by molar-refractivity contribution is 0.165. The first-order valence-electron chi connectivity index (χ1n) is 7.29. The van der Waals surface area contributed by atoms with E-state index in [0.29, 0.717) is 23.2 Å². The van der Waals surface area contributed by atoms with Crippen LogP contribution in [0.2, 0.25) is 0 Å². The van der Waals surface area contributed by atoms with Crippen LogP contribution in [-0.2, 0) is 4.74 Å². The van der Waals surface area contributed by atoms with Crippen LogP contribution in [0.5, 0.6) is 0 Å². The minimum absolute atomic E-state index is 0.353. The van der Waals surface area contributed by atoms with E-state index < -0.39 is 0 Å². The molecule has 1 amide bonds. The van der Waals surface area contributed by atoms with E-state index in [9.17, 15) is 4.79 Å². The summed E-state index contributed by atoms with van der Waals surface area (Å²) < 4.78 is 5.07. The molecule has 3 nitrogen and oxygen atoms in total. The minimum Gasteiger partial charge on any atom is -0.447 e. The van der Waals surface area contributed by atoms with Gasteiger partial charge < -0.3 is 4.74 Å². The van der Waals surface area contributed by atoms with Crippen molar-refractivity contribution in [2.75, 3.05) is 13.2 Å². The van der Waals surface area contributed by atoms with Crippen molar-refractivity contribution in [2.45, 2.75) is 11.8 Å². The molecule has 0 unspecified atom stereocenters. The highest BCUT2D eigenvalue weighted by molar-refractivity contribution is 8.03. The van der Waals surface area contributed by atoms with Gasteiger partial charge in [0.1, 0.15) is 11.6 Å². The van der Waals surface area contributed by atoms with E-state index in [0.717, 1.165) is 10.5 Å². The van der Waals surface area contributed by atoms with E-state index in [1.807, 2.05) is 61.5 Å². The van der Waals surface area contributed by atoms with Crippen molar-refractivity contribution in [1.29, 1.82) is 0 Å². The number of hydrogen-bond acceptors (Lipinski definition) is 3. The summed E-state index contributed by atoms with van der Waals surface area (Å²) in [5.41, 5.74) is 2.07. The Morgan fingerprint density at radius 1 is 1.13 bits per heavy atom. The molecule has 118 valence electrons. The molecule has 0 radical (unpaired) electrons. The lowest BCUT2D eigenvalue weighted by atomic mass is 10.2. The molecule has 2 aromatic rings. The minimum atomic E-state index is -0.353. The third-order valence-electron chi connectivity index (χ3n) is 3.46. The normalized spacial score (nSPS) is 15.4. The first-order chi connectivity index (χ1) is 11.1. The highest BCUT2D eigenvalue weighted by Crippen LogP contribution is 2.38. The lowest BCUT2D eigenvalue weighted by Gasteiger charge is -2.19. The fourth-order valence-electron chi connectivity index (χ4n) is 2.22. The Balaban J connectivity index is 1.99. The van der Waals surface area contributed by atoms with Crippen molar-refractivity contribution in [3.63, 3.8) is 0 Å². The van der Waals surface area contributed by atoms with Gasteiger partial charge in [-0.15, -0.1) is 0 Å².